The summed E-state index contributed by atoms with van der Waals surface area (Å²) < 4.78 is 16.1. The Morgan fingerprint density at radius 3 is 2.50 bits per heavy atom. The van der Waals surface area contributed by atoms with E-state index in [1.54, 1.807) is 24.1 Å². The van der Waals surface area contributed by atoms with Crippen molar-refractivity contribution < 1.29 is 33.8 Å². The number of aliphatic hydroxyl groups is 1. The number of carbonyl (C=O) groups is 4. The van der Waals surface area contributed by atoms with E-state index in [1.165, 1.54) is 21.7 Å². The van der Waals surface area contributed by atoms with E-state index in [-0.39, 0.29) is 31.5 Å². The first-order chi connectivity index (χ1) is 18.0. The molecule has 14 heteroatoms. The molecule has 1 aliphatic carbocycles. The molecule has 0 aromatic heterocycles. The van der Waals surface area contributed by atoms with Crippen molar-refractivity contribution in [1.29, 1.82) is 0 Å². The number of rotatable bonds is 10. The molecule has 3 N–H and O–H groups in total. The number of nitrogens with one attached hydrogen (secondary N) is 1. The summed E-state index contributed by atoms with van der Waals surface area (Å²) in [5.41, 5.74) is -2.11. The van der Waals surface area contributed by atoms with Crippen molar-refractivity contribution in [3.8, 4) is 0 Å². The lowest BCUT2D eigenvalue weighted by Gasteiger charge is -2.44. The summed E-state index contributed by atoms with van der Waals surface area (Å²) >= 11 is 6.49. The van der Waals surface area contributed by atoms with Gasteiger partial charge in [-0.2, -0.15) is 0 Å². The first-order valence-electron chi connectivity index (χ1n) is 12.1. The third-order valence-electron chi connectivity index (χ3n) is 6.89. The molecule has 0 bridgehead atoms. The van der Waals surface area contributed by atoms with E-state index < -0.39 is 17.3 Å². The van der Waals surface area contributed by atoms with Gasteiger partial charge in [0, 0.05) is 38.1 Å². The number of amides is 3. The smallest absolute Gasteiger partial charge is 0.290 e. The number of halogens is 2. The number of likely N-dealkylation sites (N-methyl/N-ethyl adjacent to an activating group) is 1. The van der Waals surface area contributed by atoms with Crippen LogP contribution in [0.15, 0.2) is 23.1 Å². The monoisotopic (exact) mass is 573 g/mol. The van der Waals surface area contributed by atoms with Gasteiger partial charge in [0.05, 0.1) is 17.3 Å². The van der Waals surface area contributed by atoms with Gasteiger partial charge >= 0.3 is 0 Å². The van der Waals surface area contributed by atoms with Crippen molar-refractivity contribution in [3.05, 3.63) is 23.8 Å². The molecule has 38 heavy (non-hydrogen) atoms. The predicted octanol–water partition coefficient (Wildman–Crippen LogP) is 1.20. The van der Waals surface area contributed by atoms with Crippen LogP contribution in [-0.2, 0) is 14.4 Å². The maximum absolute atomic E-state index is 13.6. The Morgan fingerprint density at radius 1 is 1.32 bits per heavy atom. The van der Waals surface area contributed by atoms with Crippen LogP contribution in [-0.4, -0.2) is 114 Å². The number of alkyl halides is 2. The van der Waals surface area contributed by atoms with Crippen LogP contribution in [0.5, 0.6) is 0 Å². The number of likely N-dealkylation sites (tertiary alicyclic amines) is 2. The molecule has 2 unspecified atom stereocenters. The Hall–Kier alpha value is -2.45. The average Bonchev–Trinajstić information content (AvgIpc) is 3.46. The quantitative estimate of drug-likeness (QED) is 0.163. The molecule has 2 atom stereocenters. The average molecular weight is 574 g/mol. The Labute approximate surface area is 230 Å². The molecule has 2 heterocycles. The van der Waals surface area contributed by atoms with Gasteiger partial charge in [0.25, 0.3) is 23.9 Å². The highest BCUT2D eigenvalue weighted by atomic mass is 35.5. The highest BCUT2D eigenvalue weighted by Crippen LogP contribution is 2.36. The second-order valence-electron chi connectivity index (χ2n) is 9.81. The second-order valence-corrected chi connectivity index (χ2v) is 11.1. The summed E-state index contributed by atoms with van der Waals surface area (Å²) in [6, 6.07) is 5.00. The van der Waals surface area contributed by atoms with Crippen LogP contribution >= 0.6 is 23.5 Å². The van der Waals surface area contributed by atoms with Gasteiger partial charge in [0.15, 0.2) is 0 Å². The summed E-state index contributed by atoms with van der Waals surface area (Å²) in [5, 5.41) is 17.0. The van der Waals surface area contributed by atoms with Gasteiger partial charge in [0.2, 0.25) is 6.41 Å². The normalized spacial score (nSPS) is 21.0. The molecule has 2 aliphatic heterocycles. The molecule has 0 spiro atoms. The number of carboxylic acid groups (broad SMARTS) is 1. The number of benzene rings is 1. The van der Waals surface area contributed by atoms with Gasteiger partial charge in [0.1, 0.15) is 5.72 Å². The van der Waals surface area contributed by atoms with Crippen LogP contribution in [0.4, 0.5) is 10.1 Å². The van der Waals surface area contributed by atoms with E-state index in [1.807, 2.05) is 13.1 Å². The van der Waals surface area contributed by atoms with Crippen molar-refractivity contribution in [3.63, 3.8) is 0 Å². The van der Waals surface area contributed by atoms with E-state index in [0.717, 1.165) is 30.8 Å². The first kappa shape index (κ1) is 30.1. The van der Waals surface area contributed by atoms with Gasteiger partial charge in [-0.25, -0.2) is 9.11 Å². The molecule has 3 fully saturated rings. The van der Waals surface area contributed by atoms with Gasteiger partial charge in [-0.1, -0.05) is 11.6 Å². The molecule has 11 nitrogen and oxygen atoms in total. The number of nitrogens with zero attached hydrogens (tertiary/aromatic N) is 4. The molecule has 0 radical (unpaired) electrons. The lowest BCUT2D eigenvalue weighted by Crippen LogP contribution is -2.62. The fraction of sp³-hybridized carbons (Fsp3) is 0.583. The van der Waals surface area contributed by atoms with Gasteiger partial charge < -0.3 is 29.8 Å². The number of hydrogen-bond donors (Lipinski definition) is 3. The zero-order valence-corrected chi connectivity index (χ0v) is 22.8. The molecular formula is C24H33ClFN5O6S. The van der Waals surface area contributed by atoms with Crippen LogP contribution in [0, 0.1) is 5.92 Å². The molecule has 1 aromatic rings. The highest BCUT2D eigenvalue weighted by Gasteiger charge is 2.41. The van der Waals surface area contributed by atoms with Gasteiger partial charge in [-0.3, -0.25) is 19.2 Å². The second kappa shape index (κ2) is 13.1. The maximum atomic E-state index is 13.6. The van der Waals surface area contributed by atoms with Crippen molar-refractivity contribution >= 4 is 53.9 Å². The predicted molar refractivity (Wildman–Crippen MR) is 141 cm³/mol. The molecule has 4 rings (SSSR count). The van der Waals surface area contributed by atoms with Crippen LogP contribution in [0.2, 0.25) is 0 Å². The molecule has 1 saturated carbocycles. The van der Waals surface area contributed by atoms with Crippen molar-refractivity contribution in [2.45, 2.75) is 41.6 Å². The lowest BCUT2D eigenvalue weighted by molar-refractivity contribution is -0.140. The largest absolute Gasteiger partial charge is 0.483 e. The van der Waals surface area contributed by atoms with Crippen molar-refractivity contribution in [2.75, 3.05) is 51.7 Å². The van der Waals surface area contributed by atoms with E-state index in [2.05, 4.69) is 9.62 Å². The van der Waals surface area contributed by atoms with E-state index in [9.17, 15) is 23.9 Å². The summed E-state index contributed by atoms with van der Waals surface area (Å²) in [7, 11) is 3.68. The minimum Gasteiger partial charge on any atom is -0.483 e. The third-order valence-corrected chi connectivity index (χ3v) is 8.05. The first-order valence-corrected chi connectivity index (χ1v) is 13.4. The van der Waals surface area contributed by atoms with E-state index in [4.69, 9.17) is 21.5 Å². The third kappa shape index (κ3) is 7.56. The van der Waals surface area contributed by atoms with Gasteiger partial charge in [-0.15, -0.1) is 0 Å². The zero-order valence-electron chi connectivity index (χ0n) is 21.3. The zero-order chi connectivity index (χ0) is 28.0. The minimum atomic E-state index is -2.10. The van der Waals surface area contributed by atoms with Gasteiger partial charge in [-0.05, 0) is 68.9 Å². The van der Waals surface area contributed by atoms with Crippen LogP contribution in [0.25, 0.3) is 0 Å². The Kier molecular flexibility index (Phi) is 10.4. The molecular weight excluding hydrogens is 541 g/mol. The van der Waals surface area contributed by atoms with E-state index >= 15 is 0 Å². The molecule has 2 saturated heterocycles. The SMILES string of the molecule is CN1CCC(CN(C=O)c2ccc(SNC3(O)CC3)cc2C(=O)N(C)C2CN(C(=O)C(F)Cl)C2)C1.O=CO. The minimum absolute atomic E-state index is 0.193. The number of carbonyl (C=O) groups excluding carboxylic acids is 3. The summed E-state index contributed by atoms with van der Waals surface area (Å²) in [4.78, 5) is 53.1. The fourth-order valence-corrected chi connectivity index (χ4v) is 5.36. The Morgan fingerprint density at radius 2 is 1.97 bits per heavy atom. The maximum Gasteiger partial charge on any atom is 0.290 e. The Bertz CT molecular complexity index is 1030. The van der Waals surface area contributed by atoms with Crippen molar-refractivity contribution in [2.24, 2.45) is 5.92 Å². The molecule has 3 aliphatic rings. The van der Waals surface area contributed by atoms with Crippen molar-refractivity contribution in [1.82, 2.24) is 19.4 Å². The number of hydrogen-bond acceptors (Lipinski definition) is 8. The topological polar surface area (TPSA) is 134 Å². The Balaban J connectivity index is 0.00000127. The standard InChI is InChI=1S/C23H31ClFN5O4S.CH2O2/c1-27-8-5-15(10-27)11-30(14-31)19-4-3-17(35-26-23(34)6-7-23)9-18(19)21(32)28(2)16-12-29(13-16)22(33)20(24)25;2-1-3/h3-4,9,14-16,20,26,34H,5-8,10-13H2,1-2H3;1H,(H,2,3). The molecule has 210 valence electrons. The lowest BCUT2D eigenvalue weighted by atomic mass is 10.0. The molecule has 3 amide bonds. The fourth-order valence-electron chi connectivity index (χ4n) is 4.40. The van der Waals surface area contributed by atoms with Crippen LogP contribution in [0.3, 0.4) is 0 Å². The summed E-state index contributed by atoms with van der Waals surface area (Å²) in [5.74, 6) is -0.801. The highest BCUT2D eigenvalue weighted by molar-refractivity contribution is 7.97. The van der Waals surface area contributed by atoms with Crippen LogP contribution in [0.1, 0.15) is 29.6 Å². The summed E-state index contributed by atoms with van der Waals surface area (Å²) in [6.07, 6.45) is 3.07. The molecule has 1 aromatic carbocycles. The summed E-state index contributed by atoms with van der Waals surface area (Å²) in [6.45, 7) is 2.49. The van der Waals surface area contributed by atoms with Crippen LogP contribution < -0.4 is 9.62 Å². The number of anilines is 1. The van der Waals surface area contributed by atoms with E-state index in [0.29, 0.717) is 36.6 Å².